The zero-order valence-electron chi connectivity index (χ0n) is 10.3. The number of carbonyl (C=O) groups is 1. The standard InChI is InChI=1S/C12H18N4OS/c1-8-2-4-9(5-3-8)15-11(17)6-10-7-14-12(16-13)18-10/h2-5,10,12,14,16H,6-7,13H2,1H3,(H,15,17). The first-order chi connectivity index (χ1) is 8.67. The Morgan fingerprint density at radius 2 is 2.22 bits per heavy atom. The Bertz CT molecular complexity index is 409. The van der Waals surface area contributed by atoms with Gasteiger partial charge in [0.2, 0.25) is 5.91 Å². The molecule has 1 aromatic carbocycles. The van der Waals surface area contributed by atoms with Crippen LogP contribution in [0.5, 0.6) is 0 Å². The Morgan fingerprint density at radius 3 is 2.83 bits per heavy atom. The molecule has 6 heteroatoms. The number of hydrogen-bond acceptors (Lipinski definition) is 5. The molecule has 1 saturated heterocycles. The van der Waals surface area contributed by atoms with Crippen molar-refractivity contribution in [2.75, 3.05) is 11.9 Å². The maximum Gasteiger partial charge on any atom is 0.225 e. The summed E-state index contributed by atoms with van der Waals surface area (Å²) in [7, 11) is 0. The second-order valence-electron chi connectivity index (χ2n) is 4.33. The normalized spacial score (nSPS) is 23.0. The van der Waals surface area contributed by atoms with E-state index in [-0.39, 0.29) is 16.7 Å². The molecule has 18 heavy (non-hydrogen) atoms. The Kier molecular flexibility index (Phi) is 4.60. The number of anilines is 1. The van der Waals surface area contributed by atoms with Crippen LogP contribution in [0, 0.1) is 6.92 Å². The van der Waals surface area contributed by atoms with Gasteiger partial charge in [-0.1, -0.05) is 17.7 Å². The van der Waals surface area contributed by atoms with Crippen LogP contribution in [0.15, 0.2) is 24.3 Å². The molecular weight excluding hydrogens is 248 g/mol. The van der Waals surface area contributed by atoms with Gasteiger partial charge in [-0.25, -0.2) is 5.43 Å². The highest BCUT2D eigenvalue weighted by molar-refractivity contribution is 8.00. The van der Waals surface area contributed by atoms with E-state index < -0.39 is 0 Å². The Balaban J connectivity index is 1.80. The monoisotopic (exact) mass is 266 g/mol. The van der Waals surface area contributed by atoms with Gasteiger partial charge >= 0.3 is 0 Å². The highest BCUT2D eigenvalue weighted by Gasteiger charge is 2.25. The van der Waals surface area contributed by atoms with E-state index in [9.17, 15) is 4.79 Å². The molecule has 5 N–H and O–H groups in total. The molecule has 0 bridgehead atoms. The molecule has 1 amide bonds. The molecule has 0 aliphatic carbocycles. The SMILES string of the molecule is Cc1ccc(NC(=O)CC2CNC(NN)S2)cc1. The quantitative estimate of drug-likeness (QED) is 0.478. The highest BCUT2D eigenvalue weighted by Crippen LogP contribution is 2.23. The fourth-order valence-corrected chi connectivity index (χ4v) is 2.90. The molecule has 98 valence electrons. The van der Waals surface area contributed by atoms with Crippen molar-refractivity contribution in [1.29, 1.82) is 0 Å². The summed E-state index contributed by atoms with van der Waals surface area (Å²) in [5, 5.41) is 6.34. The summed E-state index contributed by atoms with van der Waals surface area (Å²) < 4.78 is 0. The number of benzene rings is 1. The molecule has 1 aliphatic rings. The second kappa shape index (κ2) is 6.19. The summed E-state index contributed by atoms with van der Waals surface area (Å²) in [6, 6.07) is 7.79. The fourth-order valence-electron chi connectivity index (χ4n) is 1.80. The molecule has 1 heterocycles. The first-order valence-electron chi connectivity index (χ1n) is 5.89. The Labute approximate surface area is 111 Å². The number of aryl methyl sites for hydroxylation is 1. The maximum atomic E-state index is 11.8. The maximum absolute atomic E-state index is 11.8. The van der Waals surface area contributed by atoms with E-state index in [0.717, 1.165) is 12.2 Å². The molecule has 1 fully saturated rings. The number of thioether (sulfide) groups is 1. The van der Waals surface area contributed by atoms with Crippen molar-refractivity contribution in [3.05, 3.63) is 29.8 Å². The third-order valence-corrected chi connectivity index (χ3v) is 4.05. The first kappa shape index (κ1) is 13.4. The van der Waals surface area contributed by atoms with Crippen LogP contribution in [0.4, 0.5) is 5.69 Å². The lowest BCUT2D eigenvalue weighted by molar-refractivity contribution is -0.116. The summed E-state index contributed by atoms with van der Waals surface area (Å²) in [5.74, 6) is 5.37. The molecule has 2 rings (SSSR count). The minimum atomic E-state index is 0.0378. The summed E-state index contributed by atoms with van der Waals surface area (Å²) in [6.45, 7) is 2.81. The summed E-state index contributed by atoms with van der Waals surface area (Å²) >= 11 is 1.64. The Hall–Kier alpha value is -1.08. The van der Waals surface area contributed by atoms with Crippen molar-refractivity contribution in [2.45, 2.75) is 24.1 Å². The molecule has 0 saturated carbocycles. The molecule has 1 aromatic rings. The summed E-state index contributed by atoms with van der Waals surface area (Å²) in [6.07, 6.45) is 0.490. The topological polar surface area (TPSA) is 79.2 Å². The zero-order valence-corrected chi connectivity index (χ0v) is 11.1. The van der Waals surface area contributed by atoms with Gasteiger partial charge in [0.15, 0.2) is 0 Å². The van der Waals surface area contributed by atoms with Gasteiger partial charge in [-0.2, -0.15) is 0 Å². The van der Waals surface area contributed by atoms with Crippen LogP contribution in [-0.4, -0.2) is 23.2 Å². The lowest BCUT2D eigenvalue weighted by atomic mass is 10.2. The molecule has 2 atom stereocenters. The van der Waals surface area contributed by atoms with Crippen molar-refractivity contribution in [1.82, 2.24) is 10.7 Å². The van der Waals surface area contributed by atoms with Crippen molar-refractivity contribution in [3.8, 4) is 0 Å². The molecule has 0 aromatic heterocycles. The minimum Gasteiger partial charge on any atom is -0.326 e. The molecule has 2 unspecified atom stereocenters. The molecular formula is C12H18N4OS. The minimum absolute atomic E-state index is 0.0378. The van der Waals surface area contributed by atoms with Gasteiger partial charge in [-0.3, -0.25) is 16.0 Å². The van der Waals surface area contributed by atoms with E-state index in [4.69, 9.17) is 5.84 Å². The van der Waals surface area contributed by atoms with Crippen molar-refractivity contribution >= 4 is 23.4 Å². The highest BCUT2D eigenvalue weighted by atomic mass is 32.2. The fraction of sp³-hybridized carbons (Fsp3) is 0.417. The molecule has 0 spiro atoms. The van der Waals surface area contributed by atoms with Crippen LogP contribution in [0.25, 0.3) is 0 Å². The Morgan fingerprint density at radius 1 is 1.50 bits per heavy atom. The van der Waals surface area contributed by atoms with Crippen molar-refractivity contribution < 1.29 is 4.79 Å². The van der Waals surface area contributed by atoms with E-state index in [1.54, 1.807) is 11.8 Å². The number of hydrogen-bond donors (Lipinski definition) is 4. The first-order valence-corrected chi connectivity index (χ1v) is 6.83. The lowest BCUT2D eigenvalue weighted by Crippen LogP contribution is -2.39. The predicted molar refractivity (Wildman–Crippen MR) is 74.9 cm³/mol. The van der Waals surface area contributed by atoms with Crippen LogP contribution >= 0.6 is 11.8 Å². The number of rotatable bonds is 4. The number of nitrogens with two attached hydrogens (primary N) is 1. The van der Waals surface area contributed by atoms with Crippen LogP contribution in [0.1, 0.15) is 12.0 Å². The number of nitrogens with one attached hydrogen (secondary N) is 3. The molecule has 5 nitrogen and oxygen atoms in total. The van der Waals surface area contributed by atoms with Crippen molar-refractivity contribution in [3.63, 3.8) is 0 Å². The van der Waals surface area contributed by atoms with Crippen LogP contribution in [0.2, 0.25) is 0 Å². The van der Waals surface area contributed by atoms with E-state index >= 15 is 0 Å². The van der Waals surface area contributed by atoms with Crippen molar-refractivity contribution in [2.24, 2.45) is 5.84 Å². The van der Waals surface area contributed by atoms with Gasteiger partial charge in [0.1, 0.15) is 5.50 Å². The summed E-state index contributed by atoms with van der Waals surface area (Å²) in [5.41, 5.74) is 4.71. The number of amides is 1. The largest absolute Gasteiger partial charge is 0.326 e. The van der Waals surface area contributed by atoms with Crippen LogP contribution < -0.4 is 21.9 Å². The smallest absolute Gasteiger partial charge is 0.225 e. The number of hydrazine groups is 1. The summed E-state index contributed by atoms with van der Waals surface area (Å²) in [4.78, 5) is 11.8. The predicted octanol–water partition coefficient (Wildman–Crippen LogP) is 0.776. The van der Waals surface area contributed by atoms with Gasteiger partial charge in [0.25, 0.3) is 0 Å². The average Bonchev–Trinajstić information content (AvgIpc) is 2.79. The second-order valence-corrected chi connectivity index (χ2v) is 5.74. The molecule has 1 aliphatic heterocycles. The zero-order chi connectivity index (χ0) is 13.0. The molecule has 0 radical (unpaired) electrons. The van der Waals surface area contributed by atoms with E-state index in [1.807, 2.05) is 31.2 Å². The third-order valence-electron chi connectivity index (χ3n) is 2.76. The van der Waals surface area contributed by atoms with Gasteiger partial charge in [0, 0.05) is 23.9 Å². The lowest BCUT2D eigenvalue weighted by Gasteiger charge is -2.10. The van der Waals surface area contributed by atoms with Gasteiger partial charge < -0.3 is 5.32 Å². The average molecular weight is 266 g/mol. The number of carbonyl (C=O) groups excluding carboxylic acids is 1. The van der Waals surface area contributed by atoms with Crippen LogP contribution in [-0.2, 0) is 4.79 Å². The van der Waals surface area contributed by atoms with Gasteiger partial charge in [-0.15, -0.1) is 11.8 Å². The van der Waals surface area contributed by atoms with Gasteiger partial charge in [0.05, 0.1) is 0 Å². The van der Waals surface area contributed by atoms with E-state index in [0.29, 0.717) is 6.42 Å². The van der Waals surface area contributed by atoms with Gasteiger partial charge in [-0.05, 0) is 19.1 Å². The van der Waals surface area contributed by atoms with Crippen LogP contribution in [0.3, 0.4) is 0 Å². The third kappa shape index (κ3) is 3.71. The van der Waals surface area contributed by atoms with E-state index in [1.165, 1.54) is 5.56 Å². The van der Waals surface area contributed by atoms with E-state index in [2.05, 4.69) is 16.1 Å².